The summed E-state index contributed by atoms with van der Waals surface area (Å²) in [6.07, 6.45) is 2.99. The first kappa shape index (κ1) is 12.6. The van der Waals surface area contributed by atoms with Crippen LogP contribution in [-0.2, 0) is 0 Å². The Morgan fingerprint density at radius 3 is 2.62 bits per heavy atom. The molecule has 16 heavy (non-hydrogen) atoms. The van der Waals surface area contributed by atoms with Crippen molar-refractivity contribution in [3.8, 4) is 11.5 Å². The van der Waals surface area contributed by atoms with Crippen LogP contribution in [0.15, 0.2) is 24.3 Å². The molecule has 0 amide bonds. The number of rotatable bonds is 5. The second-order valence-corrected chi connectivity index (χ2v) is 3.53. The minimum absolute atomic E-state index is 0.663. The van der Waals surface area contributed by atoms with E-state index in [9.17, 15) is 0 Å². The first-order chi connectivity index (χ1) is 7.72. The molecule has 0 heterocycles. The van der Waals surface area contributed by atoms with Gasteiger partial charge in [0.05, 0.1) is 14.2 Å². The number of benzene rings is 1. The summed E-state index contributed by atoms with van der Waals surface area (Å²) in [5, 5.41) is 0. The van der Waals surface area contributed by atoms with Gasteiger partial charge in [0, 0.05) is 11.6 Å². The molecule has 0 aliphatic heterocycles. The quantitative estimate of drug-likeness (QED) is 0.830. The lowest BCUT2D eigenvalue weighted by atomic mass is 10.0. The van der Waals surface area contributed by atoms with Crippen LogP contribution in [0.4, 0.5) is 0 Å². The predicted molar refractivity (Wildman–Crippen MR) is 66.9 cm³/mol. The van der Waals surface area contributed by atoms with Crippen LogP contribution in [0.5, 0.6) is 11.5 Å². The highest BCUT2D eigenvalue weighted by atomic mass is 16.5. The van der Waals surface area contributed by atoms with Gasteiger partial charge < -0.3 is 15.2 Å². The van der Waals surface area contributed by atoms with Crippen molar-refractivity contribution in [1.29, 1.82) is 0 Å². The summed E-state index contributed by atoms with van der Waals surface area (Å²) in [6.45, 7) is 2.72. The summed E-state index contributed by atoms with van der Waals surface area (Å²) in [6, 6.07) is 5.81. The zero-order valence-electron chi connectivity index (χ0n) is 10.1. The van der Waals surface area contributed by atoms with E-state index in [2.05, 4.69) is 13.0 Å². The van der Waals surface area contributed by atoms with Gasteiger partial charge in [0.15, 0.2) is 0 Å². The van der Waals surface area contributed by atoms with Gasteiger partial charge >= 0.3 is 0 Å². The van der Waals surface area contributed by atoms with Crippen molar-refractivity contribution in [3.05, 3.63) is 29.8 Å². The van der Waals surface area contributed by atoms with E-state index in [1.54, 1.807) is 14.2 Å². The van der Waals surface area contributed by atoms with Gasteiger partial charge in [-0.25, -0.2) is 0 Å². The van der Waals surface area contributed by atoms with Crippen molar-refractivity contribution < 1.29 is 9.47 Å². The number of allylic oxidation sites excluding steroid dienone is 1. The molecule has 0 aliphatic rings. The first-order valence-electron chi connectivity index (χ1n) is 5.32. The second kappa shape index (κ2) is 6.18. The van der Waals surface area contributed by atoms with Gasteiger partial charge in [-0.15, -0.1) is 0 Å². The zero-order valence-corrected chi connectivity index (χ0v) is 10.1. The van der Waals surface area contributed by atoms with Crippen molar-refractivity contribution in [2.45, 2.75) is 13.3 Å². The Balaban J connectivity index is 3.03. The second-order valence-electron chi connectivity index (χ2n) is 3.53. The maximum absolute atomic E-state index is 5.48. The van der Waals surface area contributed by atoms with Crippen molar-refractivity contribution in [2.24, 2.45) is 5.73 Å². The number of hydrogen-bond acceptors (Lipinski definition) is 3. The molecule has 1 rings (SSSR count). The van der Waals surface area contributed by atoms with Gasteiger partial charge in [-0.1, -0.05) is 6.08 Å². The van der Waals surface area contributed by atoms with Gasteiger partial charge in [-0.05, 0) is 37.6 Å². The summed E-state index contributed by atoms with van der Waals surface area (Å²) in [7, 11) is 3.31. The summed E-state index contributed by atoms with van der Waals surface area (Å²) < 4.78 is 10.5. The van der Waals surface area contributed by atoms with E-state index in [0.29, 0.717) is 6.54 Å². The molecule has 0 saturated carbocycles. The van der Waals surface area contributed by atoms with Crippen LogP contribution in [0.25, 0.3) is 5.57 Å². The summed E-state index contributed by atoms with van der Waals surface area (Å²) in [5.41, 5.74) is 7.73. The highest BCUT2D eigenvalue weighted by molar-refractivity contribution is 5.69. The molecular weight excluding hydrogens is 202 g/mol. The molecule has 1 aromatic rings. The molecule has 1 aromatic carbocycles. The fourth-order valence-electron chi connectivity index (χ4n) is 1.53. The van der Waals surface area contributed by atoms with E-state index in [4.69, 9.17) is 15.2 Å². The van der Waals surface area contributed by atoms with E-state index in [1.807, 2.05) is 18.2 Å². The van der Waals surface area contributed by atoms with Crippen LogP contribution in [-0.4, -0.2) is 20.8 Å². The summed E-state index contributed by atoms with van der Waals surface area (Å²) in [5.74, 6) is 1.62. The molecule has 0 radical (unpaired) electrons. The van der Waals surface area contributed by atoms with Gasteiger partial charge in [0.25, 0.3) is 0 Å². The fraction of sp³-hybridized carbons (Fsp3) is 0.385. The highest BCUT2D eigenvalue weighted by Crippen LogP contribution is 2.29. The maximum atomic E-state index is 5.48. The van der Waals surface area contributed by atoms with Crippen molar-refractivity contribution in [1.82, 2.24) is 0 Å². The molecule has 2 N–H and O–H groups in total. The molecule has 0 saturated heterocycles. The van der Waals surface area contributed by atoms with Gasteiger partial charge in [0.1, 0.15) is 11.5 Å². The molecule has 0 aromatic heterocycles. The Morgan fingerprint density at radius 2 is 2.06 bits per heavy atom. The SMILES string of the molecule is COc1ccc(/C(C)=C/CCN)c(OC)c1. The van der Waals surface area contributed by atoms with Crippen LogP contribution in [0, 0.1) is 0 Å². The smallest absolute Gasteiger partial charge is 0.130 e. The molecule has 0 fully saturated rings. The first-order valence-corrected chi connectivity index (χ1v) is 5.32. The Hall–Kier alpha value is -1.48. The van der Waals surface area contributed by atoms with E-state index in [1.165, 1.54) is 5.57 Å². The van der Waals surface area contributed by atoms with Crippen molar-refractivity contribution in [3.63, 3.8) is 0 Å². The normalized spacial score (nSPS) is 11.4. The van der Waals surface area contributed by atoms with Crippen LogP contribution in [0.1, 0.15) is 18.9 Å². The average molecular weight is 221 g/mol. The van der Waals surface area contributed by atoms with Gasteiger partial charge in [0.2, 0.25) is 0 Å². The number of nitrogens with two attached hydrogens (primary N) is 1. The third-order valence-corrected chi connectivity index (χ3v) is 2.45. The number of methoxy groups -OCH3 is 2. The third kappa shape index (κ3) is 3.00. The molecule has 3 nitrogen and oxygen atoms in total. The molecule has 0 bridgehead atoms. The largest absolute Gasteiger partial charge is 0.497 e. The van der Waals surface area contributed by atoms with E-state index < -0.39 is 0 Å². The van der Waals surface area contributed by atoms with Crippen LogP contribution in [0.3, 0.4) is 0 Å². The van der Waals surface area contributed by atoms with Crippen molar-refractivity contribution in [2.75, 3.05) is 20.8 Å². The molecule has 0 aliphatic carbocycles. The van der Waals surface area contributed by atoms with Crippen LogP contribution in [0.2, 0.25) is 0 Å². The van der Waals surface area contributed by atoms with E-state index >= 15 is 0 Å². The van der Waals surface area contributed by atoms with Crippen LogP contribution < -0.4 is 15.2 Å². The van der Waals surface area contributed by atoms with Crippen LogP contribution >= 0.6 is 0 Å². The molecule has 0 unspecified atom stereocenters. The summed E-state index contributed by atoms with van der Waals surface area (Å²) in [4.78, 5) is 0. The molecule has 0 spiro atoms. The summed E-state index contributed by atoms with van der Waals surface area (Å²) >= 11 is 0. The Labute approximate surface area is 96.9 Å². The Kier molecular flexibility index (Phi) is 4.86. The lowest BCUT2D eigenvalue weighted by Gasteiger charge is -2.10. The van der Waals surface area contributed by atoms with Gasteiger partial charge in [-0.3, -0.25) is 0 Å². The van der Waals surface area contributed by atoms with Gasteiger partial charge in [-0.2, -0.15) is 0 Å². The molecule has 88 valence electrons. The Bertz CT molecular complexity index is 372. The lowest BCUT2D eigenvalue weighted by molar-refractivity contribution is 0.393. The topological polar surface area (TPSA) is 44.5 Å². The molecular formula is C13H19NO2. The minimum atomic E-state index is 0.663. The monoisotopic (exact) mass is 221 g/mol. The lowest BCUT2D eigenvalue weighted by Crippen LogP contribution is -1.96. The number of ether oxygens (including phenoxy) is 2. The Morgan fingerprint density at radius 1 is 1.31 bits per heavy atom. The fourth-order valence-corrected chi connectivity index (χ4v) is 1.53. The zero-order chi connectivity index (χ0) is 12.0. The number of hydrogen-bond donors (Lipinski definition) is 1. The van der Waals surface area contributed by atoms with E-state index in [-0.39, 0.29) is 0 Å². The maximum Gasteiger partial charge on any atom is 0.130 e. The molecule has 3 heteroatoms. The van der Waals surface area contributed by atoms with Crippen molar-refractivity contribution >= 4 is 5.57 Å². The van der Waals surface area contributed by atoms with E-state index in [0.717, 1.165) is 23.5 Å². The highest BCUT2D eigenvalue weighted by Gasteiger charge is 2.05. The standard InChI is InChI=1S/C13H19NO2/c1-10(5-4-8-14)12-7-6-11(15-2)9-13(12)16-3/h5-7,9H,4,8,14H2,1-3H3/b10-5+. The molecule has 0 atom stereocenters. The minimum Gasteiger partial charge on any atom is -0.497 e. The predicted octanol–water partition coefficient (Wildman–Crippen LogP) is 2.46. The third-order valence-electron chi connectivity index (χ3n) is 2.45. The average Bonchev–Trinajstić information content (AvgIpc) is 2.34.